The second kappa shape index (κ2) is 16.4. The molecule has 2 aromatic carbocycles. The van der Waals surface area contributed by atoms with E-state index < -0.39 is 62.5 Å². The summed E-state index contributed by atoms with van der Waals surface area (Å²) in [6.07, 6.45) is -0.560. The summed E-state index contributed by atoms with van der Waals surface area (Å²) in [7, 11) is -4.86. The van der Waals surface area contributed by atoms with Crippen LogP contribution in [0.1, 0.15) is 39.0 Å². The number of halogens is 4. The third-order valence-corrected chi connectivity index (χ3v) is 7.66. The third kappa shape index (κ3) is 12.6. The van der Waals surface area contributed by atoms with Crippen molar-refractivity contribution in [3.8, 4) is 11.5 Å². The maximum absolute atomic E-state index is 13.7. The molecule has 2 aromatic rings. The molecule has 0 aromatic heterocycles. The van der Waals surface area contributed by atoms with Gasteiger partial charge in [-0.05, 0) is 56.9 Å². The number of rotatable bonds is 14. The number of phosphoric acid groups is 1. The molecule has 0 spiro atoms. The third-order valence-electron chi connectivity index (χ3n) is 6.61. The van der Waals surface area contributed by atoms with Gasteiger partial charge in [-0.1, -0.05) is 23.2 Å². The van der Waals surface area contributed by atoms with Crippen molar-refractivity contribution in [1.29, 1.82) is 0 Å². The van der Waals surface area contributed by atoms with Gasteiger partial charge in [0.1, 0.15) is 29.2 Å². The topological polar surface area (TPSA) is 179 Å². The Hall–Kier alpha value is -3.20. The van der Waals surface area contributed by atoms with Gasteiger partial charge in [0.15, 0.2) is 13.2 Å². The molecule has 1 fully saturated rings. The van der Waals surface area contributed by atoms with Crippen molar-refractivity contribution in [3.63, 3.8) is 0 Å². The minimum Gasteiger partial charge on any atom is -0.484 e. The van der Waals surface area contributed by atoms with E-state index in [9.17, 15) is 27.7 Å². The fourth-order valence-corrected chi connectivity index (χ4v) is 5.09. The first-order valence-corrected chi connectivity index (χ1v) is 15.7. The predicted octanol–water partition coefficient (Wildman–Crippen LogP) is 4.64. The summed E-state index contributed by atoms with van der Waals surface area (Å²) in [4.78, 5) is 54.8. The van der Waals surface area contributed by atoms with Gasteiger partial charge in [0.05, 0.1) is 10.0 Å². The molecule has 13 nitrogen and oxygen atoms in total. The van der Waals surface area contributed by atoms with E-state index in [0.29, 0.717) is 25.7 Å². The summed E-state index contributed by atoms with van der Waals surface area (Å²) in [5.41, 5.74) is -0.938. The Kier molecular flexibility index (Phi) is 13.2. The van der Waals surface area contributed by atoms with E-state index in [1.54, 1.807) is 0 Å². The zero-order valence-electron chi connectivity index (χ0n) is 23.8. The molecular formula is C27H31Cl2F2N2O11P. The summed E-state index contributed by atoms with van der Waals surface area (Å²) in [6.45, 7) is -0.363. The van der Waals surface area contributed by atoms with Crippen LogP contribution in [-0.2, 0) is 28.2 Å². The highest BCUT2D eigenvalue weighted by Gasteiger charge is 2.39. The molecule has 1 aliphatic rings. The van der Waals surface area contributed by atoms with Crippen LogP contribution in [0, 0.1) is 11.6 Å². The minimum absolute atomic E-state index is 0.0769. The molecule has 0 bridgehead atoms. The normalized spacial score (nSPS) is 18.8. The van der Waals surface area contributed by atoms with E-state index in [1.807, 2.05) is 0 Å². The summed E-state index contributed by atoms with van der Waals surface area (Å²) in [5.74, 6) is -2.21. The number of nitrogens with one attached hydrogen (secondary N) is 2. The Labute approximate surface area is 266 Å². The first-order chi connectivity index (χ1) is 21.1. The first kappa shape index (κ1) is 36.3. The van der Waals surface area contributed by atoms with Crippen LogP contribution in [0.4, 0.5) is 13.6 Å². The van der Waals surface area contributed by atoms with Gasteiger partial charge >= 0.3 is 14.0 Å². The maximum atomic E-state index is 13.7. The van der Waals surface area contributed by atoms with Gasteiger partial charge in [0.25, 0.3) is 11.8 Å². The Bertz CT molecular complexity index is 1410. The minimum atomic E-state index is -4.86. The number of amides is 2. The quantitative estimate of drug-likeness (QED) is 0.123. The lowest BCUT2D eigenvalue weighted by Crippen LogP contribution is -2.56. The highest BCUT2D eigenvalue weighted by atomic mass is 35.5. The average molecular weight is 699 g/mol. The predicted molar refractivity (Wildman–Crippen MR) is 155 cm³/mol. The van der Waals surface area contributed by atoms with Crippen molar-refractivity contribution in [2.24, 2.45) is 0 Å². The van der Waals surface area contributed by atoms with E-state index in [1.165, 1.54) is 31.2 Å². The lowest BCUT2D eigenvalue weighted by molar-refractivity contribution is -0.127. The fourth-order valence-electron chi connectivity index (χ4n) is 4.66. The molecule has 0 saturated heterocycles. The molecule has 1 aliphatic carbocycles. The number of benzene rings is 2. The van der Waals surface area contributed by atoms with Crippen LogP contribution in [0.5, 0.6) is 11.5 Å². The highest BCUT2D eigenvalue weighted by Crippen LogP contribution is 2.36. The van der Waals surface area contributed by atoms with Crippen LogP contribution in [-0.4, -0.2) is 65.4 Å². The lowest BCUT2D eigenvalue weighted by atomic mass is 9.76. The van der Waals surface area contributed by atoms with E-state index in [4.69, 9.17) is 47.2 Å². The number of phosphoric ester groups is 1. The molecule has 1 atom stereocenters. The van der Waals surface area contributed by atoms with Crippen molar-refractivity contribution in [2.75, 3.05) is 20.0 Å². The van der Waals surface area contributed by atoms with Crippen LogP contribution < -0.4 is 20.1 Å². The highest BCUT2D eigenvalue weighted by molar-refractivity contribution is 7.46. The van der Waals surface area contributed by atoms with Crippen LogP contribution in [0.2, 0.25) is 10.0 Å². The van der Waals surface area contributed by atoms with Gasteiger partial charge in [-0.2, -0.15) is 0 Å². The zero-order valence-corrected chi connectivity index (χ0v) is 26.2. The smallest absolute Gasteiger partial charge is 0.484 e. The summed E-state index contributed by atoms with van der Waals surface area (Å²) in [6, 6.07) is 7.20. The molecule has 0 aliphatic heterocycles. The molecule has 0 unspecified atom stereocenters. The van der Waals surface area contributed by atoms with E-state index in [-0.39, 0.29) is 40.6 Å². The molecule has 45 heavy (non-hydrogen) atoms. The van der Waals surface area contributed by atoms with E-state index in [0.717, 1.165) is 12.1 Å². The van der Waals surface area contributed by atoms with Crippen molar-refractivity contribution in [3.05, 3.63) is 58.1 Å². The molecule has 248 valence electrons. The summed E-state index contributed by atoms with van der Waals surface area (Å²) >= 11 is 11.3. The standard InChI is InChI=1S/C27H31Cl2F2N2O11P/c1-16(44-26(36)42-15-43-45(37,38)39)12-27(33-25(35)14-41-19-3-5-21(29)23(31)11-19)8-6-17(7-9-27)32-24(34)13-40-18-2-4-20(28)22(30)10-18/h2-5,10-11,16-17H,6-9,12-15H2,1H3,(H,32,34)(H,33,35)(H2,37,38,39)/t16-,17?,27?/m1/s1. The number of ether oxygens (including phenoxy) is 4. The molecule has 1 saturated carbocycles. The molecule has 0 radical (unpaired) electrons. The van der Waals surface area contributed by atoms with Gasteiger partial charge < -0.3 is 39.4 Å². The summed E-state index contributed by atoms with van der Waals surface area (Å²) in [5, 5.41) is 5.54. The summed E-state index contributed by atoms with van der Waals surface area (Å²) < 4.78 is 62.6. The Balaban J connectivity index is 1.58. The molecule has 2 amide bonds. The van der Waals surface area contributed by atoms with Gasteiger partial charge in [-0.25, -0.2) is 22.7 Å². The molecule has 4 N–H and O–H groups in total. The van der Waals surface area contributed by atoms with Crippen molar-refractivity contribution < 1.29 is 61.0 Å². The van der Waals surface area contributed by atoms with Crippen LogP contribution in [0.3, 0.4) is 0 Å². The molecular weight excluding hydrogens is 668 g/mol. The second-order valence-corrected chi connectivity index (χ2v) is 12.2. The van der Waals surface area contributed by atoms with Crippen LogP contribution >= 0.6 is 31.0 Å². The number of hydrogen-bond donors (Lipinski definition) is 4. The van der Waals surface area contributed by atoms with Crippen LogP contribution in [0.25, 0.3) is 0 Å². The maximum Gasteiger partial charge on any atom is 0.510 e. The molecule has 0 heterocycles. The number of hydrogen-bond acceptors (Lipinski definition) is 9. The molecule has 3 rings (SSSR count). The van der Waals surface area contributed by atoms with Crippen molar-refractivity contribution in [1.82, 2.24) is 10.6 Å². The number of carbonyl (C=O) groups is 3. The zero-order chi connectivity index (χ0) is 33.2. The van der Waals surface area contributed by atoms with E-state index in [2.05, 4.69) is 19.9 Å². The van der Waals surface area contributed by atoms with Crippen molar-refractivity contribution in [2.45, 2.75) is 56.7 Å². The number of carbonyl (C=O) groups excluding carboxylic acids is 3. The van der Waals surface area contributed by atoms with Gasteiger partial charge in [0, 0.05) is 30.1 Å². The first-order valence-electron chi connectivity index (χ1n) is 13.4. The van der Waals surface area contributed by atoms with Crippen LogP contribution in [0.15, 0.2) is 36.4 Å². The fraction of sp³-hybridized carbons (Fsp3) is 0.444. The SMILES string of the molecule is C[C@H](CC1(NC(=O)COc2ccc(Cl)c(F)c2)CCC(NC(=O)COc2ccc(Cl)c(F)c2)CC1)OC(=O)OCOP(=O)(O)O. The van der Waals surface area contributed by atoms with E-state index >= 15 is 0 Å². The Morgan fingerprint density at radius 1 is 0.978 bits per heavy atom. The second-order valence-electron chi connectivity index (χ2n) is 10.2. The monoisotopic (exact) mass is 698 g/mol. The van der Waals surface area contributed by atoms with Crippen molar-refractivity contribution >= 4 is 49.0 Å². The van der Waals surface area contributed by atoms with Gasteiger partial charge in [-0.15, -0.1) is 0 Å². The largest absolute Gasteiger partial charge is 0.510 e. The lowest BCUT2D eigenvalue weighted by Gasteiger charge is -2.42. The molecule has 18 heteroatoms. The van der Waals surface area contributed by atoms with Gasteiger partial charge in [0.2, 0.25) is 6.79 Å². The Morgan fingerprint density at radius 2 is 1.51 bits per heavy atom. The Morgan fingerprint density at radius 3 is 2.02 bits per heavy atom. The van der Waals surface area contributed by atoms with Gasteiger partial charge in [-0.3, -0.25) is 9.59 Å². The average Bonchev–Trinajstić information content (AvgIpc) is 2.95.